The molecular weight excluding hydrogens is 447 g/mol. The van der Waals surface area contributed by atoms with E-state index in [1.54, 1.807) is 28.0 Å². The molecule has 0 saturated carbocycles. The van der Waals surface area contributed by atoms with Crippen molar-refractivity contribution < 1.29 is 9.18 Å². The lowest BCUT2D eigenvalue weighted by Gasteiger charge is -2.33. The van der Waals surface area contributed by atoms with Gasteiger partial charge in [-0.05, 0) is 60.0 Å². The van der Waals surface area contributed by atoms with Gasteiger partial charge in [0.15, 0.2) is 0 Å². The van der Waals surface area contributed by atoms with Gasteiger partial charge in [-0.3, -0.25) is 9.59 Å². The molecule has 1 fully saturated rings. The van der Waals surface area contributed by atoms with Crippen molar-refractivity contribution in [3.05, 3.63) is 74.3 Å². The van der Waals surface area contributed by atoms with Gasteiger partial charge in [0.2, 0.25) is 11.9 Å². The highest BCUT2D eigenvalue weighted by molar-refractivity contribution is 7.17. The first-order valence-electron chi connectivity index (χ1n) is 10.4. The van der Waals surface area contributed by atoms with Gasteiger partial charge in [0.1, 0.15) is 10.5 Å². The van der Waals surface area contributed by atoms with E-state index in [2.05, 4.69) is 5.32 Å². The zero-order valence-corrected chi connectivity index (χ0v) is 18.8. The first kappa shape index (κ1) is 20.8. The third-order valence-electron chi connectivity index (χ3n) is 5.71. The van der Waals surface area contributed by atoms with Crippen LogP contribution in [-0.2, 0) is 11.3 Å². The number of nitrogens with zero attached hydrogens (tertiary/aromatic N) is 3. The number of anilines is 1. The summed E-state index contributed by atoms with van der Waals surface area (Å²) < 4.78 is 15.6. The summed E-state index contributed by atoms with van der Waals surface area (Å²) in [7, 11) is 0. The van der Waals surface area contributed by atoms with E-state index < -0.39 is 0 Å². The molecule has 1 aliphatic heterocycles. The first-order chi connectivity index (χ1) is 15.6. The monoisotopic (exact) mass is 468 g/mol. The summed E-state index contributed by atoms with van der Waals surface area (Å²) >= 11 is 2.98. The van der Waals surface area contributed by atoms with E-state index in [-0.39, 0.29) is 23.2 Å². The number of hydrogen-bond donors (Lipinski definition) is 1. The lowest BCUT2D eigenvalue weighted by molar-refractivity contribution is -0.125. The zero-order valence-electron chi connectivity index (χ0n) is 17.2. The summed E-state index contributed by atoms with van der Waals surface area (Å²) in [5.41, 5.74) is 1.07. The largest absolute Gasteiger partial charge is 0.351 e. The molecule has 3 aromatic heterocycles. The number of hydrogen-bond acceptors (Lipinski definition) is 6. The van der Waals surface area contributed by atoms with Gasteiger partial charge in [0.05, 0.1) is 17.7 Å². The van der Waals surface area contributed by atoms with E-state index in [1.165, 1.54) is 23.5 Å². The van der Waals surface area contributed by atoms with Gasteiger partial charge in [-0.1, -0.05) is 6.07 Å². The van der Waals surface area contributed by atoms with Crippen LogP contribution in [0.2, 0.25) is 0 Å². The third-order valence-corrected chi connectivity index (χ3v) is 7.48. The minimum Gasteiger partial charge on any atom is -0.351 e. The maximum absolute atomic E-state index is 13.5. The predicted octanol–water partition coefficient (Wildman–Crippen LogP) is 4.18. The number of fused-ring (bicyclic) bond motifs is 1. The fourth-order valence-corrected chi connectivity index (χ4v) is 5.41. The normalized spacial score (nSPS) is 14.7. The van der Waals surface area contributed by atoms with Crippen LogP contribution in [0.3, 0.4) is 0 Å². The Balaban J connectivity index is 1.38. The van der Waals surface area contributed by atoms with Crippen molar-refractivity contribution in [3.63, 3.8) is 0 Å². The molecule has 1 N–H and O–H groups in total. The van der Waals surface area contributed by atoms with Gasteiger partial charge in [0.25, 0.3) is 5.56 Å². The molecule has 4 heterocycles. The number of thiophene rings is 2. The molecule has 0 aliphatic carbocycles. The van der Waals surface area contributed by atoms with Gasteiger partial charge in [-0.25, -0.2) is 13.9 Å². The molecule has 1 aliphatic rings. The summed E-state index contributed by atoms with van der Waals surface area (Å²) in [4.78, 5) is 33.8. The molecule has 1 aromatic carbocycles. The van der Waals surface area contributed by atoms with E-state index in [0.717, 1.165) is 4.88 Å². The Kier molecular flexibility index (Phi) is 5.75. The van der Waals surface area contributed by atoms with Crippen molar-refractivity contribution in [1.82, 2.24) is 14.9 Å². The van der Waals surface area contributed by atoms with Crippen molar-refractivity contribution in [2.45, 2.75) is 19.4 Å². The molecule has 0 bridgehead atoms. The molecule has 0 radical (unpaired) electrons. The molecule has 164 valence electrons. The lowest BCUT2D eigenvalue weighted by atomic mass is 9.96. The second-order valence-electron chi connectivity index (χ2n) is 7.72. The van der Waals surface area contributed by atoms with Crippen LogP contribution in [0.5, 0.6) is 0 Å². The molecule has 6 nitrogen and oxygen atoms in total. The number of aromatic nitrogens is 2. The SMILES string of the molecule is O=C(NCc1cccs1)C1CCN(c2nc3ccsc3c(=O)n2-c2ccc(F)cc2)CC1. The number of carbonyl (C=O) groups excluding carboxylic acids is 1. The molecule has 9 heteroatoms. The molecule has 0 atom stereocenters. The Morgan fingerprint density at radius 1 is 1.09 bits per heavy atom. The van der Waals surface area contributed by atoms with Gasteiger partial charge in [0, 0.05) is 23.9 Å². The zero-order chi connectivity index (χ0) is 22.1. The van der Waals surface area contributed by atoms with Crippen LogP contribution < -0.4 is 15.8 Å². The quantitative estimate of drug-likeness (QED) is 0.477. The summed E-state index contributed by atoms with van der Waals surface area (Å²) in [6.45, 7) is 1.78. The number of carbonyl (C=O) groups is 1. The number of nitrogens with one attached hydrogen (secondary N) is 1. The van der Waals surface area contributed by atoms with E-state index in [4.69, 9.17) is 4.98 Å². The topological polar surface area (TPSA) is 67.2 Å². The smallest absolute Gasteiger partial charge is 0.277 e. The molecule has 1 amide bonds. The molecule has 1 saturated heterocycles. The van der Waals surface area contributed by atoms with Crippen LogP contribution in [0.25, 0.3) is 15.9 Å². The number of amides is 1. The van der Waals surface area contributed by atoms with Crippen LogP contribution in [0.15, 0.2) is 58.0 Å². The van der Waals surface area contributed by atoms with Crippen LogP contribution >= 0.6 is 22.7 Å². The van der Waals surface area contributed by atoms with Gasteiger partial charge < -0.3 is 10.2 Å². The summed E-state index contributed by atoms with van der Waals surface area (Å²) in [5, 5.41) is 6.88. The van der Waals surface area contributed by atoms with Crippen LogP contribution in [0.4, 0.5) is 10.3 Å². The Labute approximate surface area is 192 Å². The van der Waals surface area contributed by atoms with Crippen molar-refractivity contribution >= 4 is 44.7 Å². The molecule has 32 heavy (non-hydrogen) atoms. The number of halogens is 1. The average molecular weight is 469 g/mol. The second kappa shape index (κ2) is 8.84. The highest BCUT2D eigenvalue weighted by atomic mass is 32.1. The van der Waals surface area contributed by atoms with E-state index >= 15 is 0 Å². The fraction of sp³-hybridized carbons (Fsp3) is 0.261. The molecule has 0 spiro atoms. The van der Waals surface area contributed by atoms with E-state index in [9.17, 15) is 14.0 Å². The van der Waals surface area contributed by atoms with Gasteiger partial charge >= 0.3 is 0 Å². The van der Waals surface area contributed by atoms with Gasteiger partial charge in [-0.2, -0.15) is 0 Å². The van der Waals surface area contributed by atoms with Crippen LogP contribution in [0, 0.1) is 11.7 Å². The third kappa shape index (κ3) is 4.05. The fourth-order valence-electron chi connectivity index (χ4n) is 4.01. The van der Waals surface area contributed by atoms with Crippen molar-refractivity contribution in [1.29, 1.82) is 0 Å². The molecule has 5 rings (SSSR count). The van der Waals surface area contributed by atoms with Crippen molar-refractivity contribution in [2.24, 2.45) is 5.92 Å². The maximum atomic E-state index is 13.5. The summed E-state index contributed by atoms with van der Waals surface area (Å²) in [5.74, 6) is 0.171. The highest BCUT2D eigenvalue weighted by Gasteiger charge is 2.28. The first-order valence-corrected chi connectivity index (χ1v) is 12.2. The van der Waals surface area contributed by atoms with Crippen LogP contribution in [-0.4, -0.2) is 28.5 Å². The Morgan fingerprint density at radius 2 is 1.88 bits per heavy atom. The molecular formula is C23H21FN4O2S2. The maximum Gasteiger partial charge on any atom is 0.277 e. The minimum atomic E-state index is -0.358. The van der Waals surface area contributed by atoms with Crippen molar-refractivity contribution in [3.8, 4) is 5.69 Å². The van der Waals surface area contributed by atoms with E-state index in [1.807, 2.05) is 33.9 Å². The van der Waals surface area contributed by atoms with Gasteiger partial charge in [-0.15, -0.1) is 22.7 Å². The summed E-state index contributed by atoms with van der Waals surface area (Å²) in [6.07, 6.45) is 1.36. The second-order valence-corrected chi connectivity index (χ2v) is 9.67. The molecule has 0 unspecified atom stereocenters. The Hall–Kier alpha value is -3.04. The summed E-state index contributed by atoms with van der Waals surface area (Å²) in [6, 6.07) is 11.7. The number of benzene rings is 1. The Morgan fingerprint density at radius 3 is 2.59 bits per heavy atom. The van der Waals surface area contributed by atoms with Crippen LogP contribution in [0.1, 0.15) is 17.7 Å². The van der Waals surface area contributed by atoms with Crippen molar-refractivity contribution in [2.75, 3.05) is 18.0 Å². The standard InChI is InChI=1S/C23H21FN4O2S2/c24-16-3-5-17(6-4-16)28-22(30)20-19(9-13-32-20)26-23(28)27-10-7-15(8-11-27)21(29)25-14-18-2-1-12-31-18/h1-6,9,12-13,15H,7-8,10-11,14H2,(H,25,29). The molecule has 4 aromatic rings. The number of piperidine rings is 1. The minimum absolute atomic E-state index is 0.0650. The Bertz CT molecular complexity index is 1290. The average Bonchev–Trinajstić information content (AvgIpc) is 3.50. The highest BCUT2D eigenvalue weighted by Crippen LogP contribution is 2.26. The van der Waals surface area contributed by atoms with E-state index in [0.29, 0.717) is 54.3 Å². The number of rotatable bonds is 5. The predicted molar refractivity (Wildman–Crippen MR) is 126 cm³/mol. The lowest BCUT2D eigenvalue weighted by Crippen LogP contribution is -2.42.